The van der Waals surface area contributed by atoms with Crippen molar-refractivity contribution in [2.24, 2.45) is 0 Å². The van der Waals surface area contributed by atoms with E-state index in [-0.39, 0.29) is 5.91 Å². The first-order chi connectivity index (χ1) is 15.3. The maximum absolute atomic E-state index is 13.1. The summed E-state index contributed by atoms with van der Waals surface area (Å²) in [4.78, 5) is 26.1. The summed E-state index contributed by atoms with van der Waals surface area (Å²) in [6, 6.07) is 19.2. The predicted octanol–water partition coefficient (Wildman–Crippen LogP) is 3.26. The standard InChI is InChI=1S/C25H25N5O/c31-25(29-16-12-20-6-4-14-27-18-20)24(28-15-11-19-5-3-13-26-17-19)23-10-9-21-7-1-2-8-22(21)30-23/h1-10,13-14,17-18,24,28H,11-12,15-16H2,(H,29,31). The second kappa shape index (κ2) is 10.4. The Balaban J connectivity index is 1.45. The van der Waals surface area contributed by atoms with Crippen LogP contribution in [0.15, 0.2) is 85.5 Å². The summed E-state index contributed by atoms with van der Waals surface area (Å²) in [6.45, 7) is 1.18. The lowest BCUT2D eigenvalue weighted by Gasteiger charge is -2.19. The molecule has 6 nitrogen and oxygen atoms in total. The van der Waals surface area contributed by atoms with E-state index in [4.69, 9.17) is 4.98 Å². The van der Waals surface area contributed by atoms with Crippen LogP contribution in [0.4, 0.5) is 0 Å². The second-order valence-electron chi connectivity index (χ2n) is 7.33. The van der Waals surface area contributed by atoms with Crippen molar-refractivity contribution in [1.82, 2.24) is 25.6 Å². The molecule has 1 amide bonds. The SMILES string of the molecule is O=C(NCCc1cccnc1)C(NCCc1cccnc1)c1ccc2ccccc2n1. The van der Waals surface area contributed by atoms with Crippen LogP contribution in [0, 0.1) is 0 Å². The summed E-state index contributed by atoms with van der Waals surface area (Å²) in [5.41, 5.74) is 3.80. The lowest BCUT2D eigenvalue weighted by Crippen LogP contribution is -2.39. The number of fused-ring (bicyclic) bond motifs is 1. The molecule has 3 aromatic heterocycles. The minimum absolute atomic E-state index is 0.0853. The van der Waals surface area contributed by atoms with Gasteiger partial charge in [-0.15, -0.1) is 0 Å². The molecule has 0 saturated heterocycles. The Hall–Kier alpha value is -3.64. The quantitative estimate of drug-likeness (QED) is 0.442. The lowest BCUT2D eigenvalue weighted by molar-refractivity contribution is -0.123. The topological polar surface area (TPSA) is 79.8 Å². The molecule has 0 aliphatic heterocycles. The van der Waals surface area contributed by atoms with Gasteiger partial charge in [0.05, 0.1) is 11.2 Å². The summed E-state index contributed by atoms with van der Waals surface area (Å²) in [7, 11) is 0. The van der Waals surface area contributed by atoms with Gasteiger partial charge in [0.1, 0.15) is 6.04 Å². The van der Waals surface area contributed by atoms with Crippen molar-refractivity contribution >= 4 is 16.8 Å². The number of carbonyl (C=O) groups excluding carboxylic acids is 1. The number of aromatic nitrogens is 3. The Morgan fingerprint density at radius 3 is 2.23 bits per heavy atom. The van der Waals surface area contributed by atoms with Crippen LogP contribution >= 0.6 is 0 Å². The highest BCUT2D eigenvalue weighted by Gasteiger charge is 2.21. The molecule has 4 aromatic rings. The van der Waals surface area contributed by atoms with Gasteiger partial charge in [-0.05, 0) is 48.2 Å². The number of pyridine rings is 3. The van der Waals surface area contributed by atoms with Crippen LogP contribution < -0.4 is 10.6 Å². The van der Waals surface area contributed by atoms with Gasteiger partial charge >= 0.3 is 0 Å². The van der Waals surface area contributed by atoms with E-state index < -0.39 is 6.04 Å². The molecule has 0 aliphatic carbocycles. The van der Waals surface area contributed by atoms with Gasteiger partial charge in [-0.1, -0.05) is 36.4 Å². The molecule has 156 valence electrons. The monoisotopic (exact) mass is 411 g/mol. The van der Waals surface area contributed by atoms with Crippen molar-refractivity contribution < 1.29 is 4.79 Å². The third-order valence-corrected chi connectivity index (χ3v) is 5.10. The first-order valence-corrected chi connectivity index (χ1v) is 10.4. The first kappa shape index (κ1) is 20.6. The van der Waals surface area contributed by atoms with Crippen LogP contribution in [0.2, 0.25) is 0 Å². The zero-order chi connectivity index (χ0) is 21.3. The van der Waals surface area contributed by atoms with Crippen molar-refractivity contribution in [2.45, 2.75) is 18.9 Å². The van der Waals surface area contributed by atoms with E-state index in [1.54, 1.807) is 12.4 Å². The van der Waals surface area contributed by atoms with Crippen molar-refractivity contribution in [2.75, 3.05) is 13.1 Å². The fourth-order valence-electron chi connectivity index (χ4n) is 3.46. The molecule has 2 N–H and O–H groups in total. The number of para-hydroxylation sites is 1. The molecule has 0 spiro atoms. The molecule has 6 heteroatoms. The highest BCUT2D eigenvalue weighted by Crippen LogP contribution is 2.17. The Kier molecular flexibility index (Phi) is 6.92. The number of hydrogen-bond donors (Lipinski definition) is 2. The molecule has 0 fully saturated rings. The van der Waals surface area contributed by atoms with E-state index in [1.807, 2.05) is 73.1 Å². The van der Waals surface area contributed by atoms with E-state index in [9.17, 15) is 4.79 Å². The molecule has 0 bridgehead atoms. The van der Waals surface area contributed by atoms with Gasteiger partial charge in [-0.3, -0.25) is 19.7 Å². The molecular formula is C25H25N5O. The van der Waals surface area contributed by atoms with Gasteiger partial charge in [0.2, 0.25) is 5.91 Å². The summed E-state index contributed by atoms with van der Waals surface area (Å²) in [5, 5.41) is 7.48. The van der Waals surface area contributed by atoms with E-state index in [1.165, 1.54) is 0 Å². The number of nitrogens with one attached hydrogen (secondary N) is 2. The van der Waals surface area contributed by atoms with Gasteiger partial charge in [0.15, 0.2) is 0 Å². The van der Waals surface area contributed by atoms with E-state index >= 15 is 0 Å². The highest BCUT2D eigenvalue weighted by atomic mass is 16.2. The van der Waals surface area contributed by atoms with Crippen LogP contribution in [0.1, 0.15) is 22.9 Å². The van der Waals surface area contributed by atoms with Crippen LogP contribution in [0.3, 0.4) is 0 Å². The summed E-state index contributed by atoms with van der Waals surface area (Å²) in [5.74, 6) is -0.0853. The predicted molar refractivity (Wildman–Crippen MR) is 121 cm³/mol. The molecule has 1 atom stereocenters. The number of hydrogen-bond acceptors (Lipinski definition) is 5. The zero-order valence-electron chi connectivity index (χ0n) is 17.2. The highest BCUT2D eigenvalue weighted by molar-refractivity contribution is 5.84. The summed E-state index contributed by atoms with van der Waals surface area (Å²) in [6.07, 6.45) is 8.68. The molecular weight excluding hydrogens is 386 g/mol. The number of rotatable bonds is 9. The van der Waals surface area contributed by atoms with Gasteiger partial charge in [-0.2, -0.15) is 0 Å². The van der Waals surface area contributed by atoms with E-state index in [2.05, 4.69) is 20.6 Å². The van der Waals surface area contributed by atoms with Gasteiger partial charge in [0, 0.05) is 43.3 Å². The van der Waals surface area contributed by atoms with Crippen molar-refractivity contribution in [3.8, 4) is 0 Å². The average Bonchev–Trinajstić information content (AvgIpc) is 2.83. The number of carbonyl (C=O) groups is 1. The van der Waals surface area contributed by atoms with Gasteiger partial charge in [-0.25, -0.2) is 0 Å². The third-order valence-electron chi connectivity index (χ3n) is 5.10. The van der Waals surface area contributed by atoms with Crippen LogP contribution in [0.5, 0.6) is 0 Å². The summed E-state index contributed by atoms with van der Waals surface area (Å²) < 4.78 is 0. The minimum atomic E-state index is -0.532. The third kappa shape index (κ3) is 5.71. The van der Waals surface area contributed by atoms with Crippen molar-refractivity contribution in [1.29, 1.82) is 0 Å². The second-order valence-corrected chi connectivity index (χ2v) is 7.33. The Morgan fingerprint density at radius 2 is 1.52 bits per heavy atom. The van der Waals surface area contributed by atoms with Crippen LogP contribution in [-0.4, -0.2) is 33.9 Å². The van der Waals surface area contributed by atoms with Crippen LogP contribution in [0.25, 0.3) is 10.9 Å². The lowest BCUT2D eigenvalue weighted by atomic mass is 10.1. The molecule has 0 radical (unpaired) electrons. The Morgan fingerprint density at radius 1 is 0.806 bits per heavy atom. The molecule has 4 rings (SSSR count). The van der Waals surface area contributed by atoms with E-state index in [0.717, 1.165) is 34.9 Å². The molecule has 31 heavy (non-hydrogen) atoms. The molecule has 0 aliphatic rings. The maximum Gasteiger partial charge on any atom is 0.243 e. The molecule has 1 aromatic carbocycles. The number of benzene rings is 1. The fraction of sp³-hybridized carbons (Fsp3) is 0.200. The normalized spacial score (nSPS) is 11.9. The van der Waals surface area contributed by atoms with Crippen molar-refractivity contribution in [3.63, 3.8) is 0 Å². The summed E-state index contributed by atoms with van der Waals surface area (Å²) >= 11 is 0. The number of amides is 1. The van der Waals surface area contributed by atoms with Crippen LogP contribution in [-0.2, 0) is 17.6 Å². The van der Waals surface area contributed by atoms with E-state index in [0.29, 0.717) is 18.8 Å². The fourth-order valence-corrected chi connectivity index (χ4v) is 3.46. The maximum atomic E-state index is 13.1. The smallest absolute Gasteiger partial charge is 0.243 e. The molecule has 0 saturated carbocycles. The number of nitrogens with zero attached hydrogens (tertiary/aromatic N) is 3. The largest absolute Gasteiger partial charge is 0.354 e. The Bertz CT molecular complexity index is 1120. The zero-order valence-corrected chi connectivity index (χ0v) is 17.2. The Labute approximate surface area is 181 Å². The van der Waals surface area contributed by atoms with Gasteiger partial charge < -0.3 is 10.6 Å². The van der Waals surface area contributed by atoms with Crippen molar-refractivity contribution in [3.05, 3.63) is 102 Å². The first-order valence-electron chi connectivity index (χ1n) is 10.4. The van der Waals surface area contributed by atoms with Gasteiger partial charge in [0.25, 0.3) is 0 Å². The average molecular weight is 412 g/mol. The molecule has 1 unspecified atom stereocenters. The molecule has 3 heterocycles. The minimum Gasteiger partial charge on any atom is -0.354 e.